The molecule has 1 fully saturated rings. The molecule has 1 saturated heterocycles. The minimum absolute atomic E-state index is 0.101. The molecule has 0 spiro atoms. The van der Waals surface area contributed by atoms with Crippen molar-refractivity contribution in [2.75, 3.05) is 6.61 Å². The summed E-state index contributed by atoms with van der Waals surface area (Å²) in [4.78, 5) is 12.7. The summed E-state index contributed by atoms with van der Waals surface area (Å²) in [7, 11) is 0. The predicted molar refractivity (Wildman–Crippen MR) is 98.9 cm³/mol. The van der Waals surface area contributed by atoms with E-state index in [1.807, 2.05) is 0 Å². The van der Waals surface area contributed by atoms with Crippen LogP contribution in [0.5, 0.6) is 0 Å². The Balaban J connectivity index is 2.55. The van der Waals surface area contributed by atoms with Crippen LogP contribution >= 0.6 is 15.9 Å². The number of aliphatic hydroxyl groups excluding tert-OH is 1. The Morgan fingerprint density at radius 1 is 1.50 bits per heavy atom. The molecule has 146 valence electrons. The zero-order valence-electron chi connectivity index (χ0n) is 15.1. The molecule has 0 aliphatic carbocycles. The smallest absolute Gasteiger partial charge is 0.424 e. The molecule has 6 nitrogen and oxygen atoms in total. The lowest BCUT2D eigenvalue weighted by atomic mass is 9.84. The van der Waals surface area contributed by atoms with Crippen LogP contribution in [0.15, 0.2) is 22.7 Å². The Bertz CT molecular complexity index is 711. The summed E-state index contributed by atoms with van der Waals surface area (Å²) in [6, 6.07) is 4.34. The third kappa shape index (κ3) is 4.27. The van der Waals surface area contributed by atoms with Gasteiger partial charge in [0.05, 0.1) is 0 Å². The second kappa shape index (κ2) is 7.92. The number of ether oxygens (including phenoxy) is 1. The first kappa shape index (κ1) is 21.3. The van der Waals surface area contributed by atoms with E-state index in [2.05, 4.69) is 15.9 Å². The summed E-state index contributed by atoms with van der Waals surface area (Å²) in [5.41, 5.74) is -2.02. The summed E-state index contributed by atoms with van der Waals surface area (Å²) < 4.78 is 39.6. The van der Waals surface area contributed by atoms with E-state index in [1.54, 1.807) is 27.7 Å². The molecule has 1 aromatic rings. The number of rotatable bonds is 4. The summed E-state index contributed by atoms with van der Waals surface area (Å²) in [5, 5.41) is 9.14. The molecule has 2 rings (SSSR count). The Hall–Kier alpha value is -1.03. The van der Waals surface area contributed by atoms with Gasteiger partial charge in [-0.1, -0.05) is 15.9 Å². The van der Waals surface area contributed by atoms with Crippen LogP contribution in [0.2, 0.25) is 0 Å². The molecule has 0 radical (unpaired) electrons. The second-order valence-corrected chi connectivity index (χ2v) is 9.12. The molecule has 0 saturated carbocycles. The summed E-state index contributed by atoms with van der Waals surface area (Å²) in [5.74, 6) is -0.555. The lowest BCUT2D eigenvalue weighted by molar-refractivity contribution is 0.0173. The Kier molecular flexibility index (Phi) is 6.48. The Morgan fingerprint density at radius 3 is 2.73 bits per heavy atom. The van der Waals surface area contributed by atoms with E-state index in [4.69, 9.17) is 14.0 Å². The topological polar surface area (TPSA) is 76.1 Å². The number of nitrogens with zero attached hydrogens (tertiary/aromatic N) is 1. The van der Waals surface area contributed by atoms with Gasteiger partial charge in [0.25, 0.3) is 11.3 Å². The predicted octanol–water partition coefficient (Wildman–Crippen LogP) is 3.79. The lowest BCUT2D eigenvalue weighted by Crippen LogP contribution is -2.50. The number of amides is 1. The fourth-order valence-corrected chi connectivity index (χ4v) is 4.46. The van der Waals surface area contributed by atoms with Gasteiger partial charge in [0, 0.05) is 16.6 Å². The molecule has 1 heterocycles. The maximum atomic E-state index is 14.7. The number of carbonyl (C=O) groups is 1. The van der Waals surface area contributed by atoms with Crippen molar-refractivity contribution in [2.45, 2.75) is 57.8 Å². The Morgan fingerprint density at radius 2 is 2.15 bits per heavy atom. The molecule has 1 amide bonds. The van der Waals surface area contributed by atoms with Gasteiger partial charge in [-0.3, -0.25) is 4.18 Å². The number of hydrogen-bond acceptors (Lipinski definition) is 5. The van der Waals surface area contributed by atoms with E-state index in [0.717, 1.165) is 4.31 Å². The maximum Gasteiger partial charge on any atom is 0.424 e. The van der Waals surface area contributed by atoms with Gasteiger partial charge in [-0.15, -0.1) is 0 Å². The van der Waals surface area contributed by atoms with Gasteiger partial charge in [-0.2, -0.15) is 4.31 Å². The highest BCUT2D eigenvalue weighted by Crippen LogP contribution is 2.45. The molecule has 9 heteroatoms. The average molecular weight is 452 g/mol. The standard InChI is InChI=1S/C17H23BrFNO5S/c1-16(2,3)24-15(22)20-17(4,12-10-11(18)7-8-13(12)19)14(6-5-9-21)25-26(20)23/h7-8,10,14,21H,5-6,9H2,1-4H3/t14?,17-,26?/m1/s1. The fourth-order valence-electron chi connectivity index (χ4n) is 2.85. The van der Waals surface area contributed by atoms with Crippen LogP contribution in [0.3, 0.4) is 0 Å². The molecule has 1 aliphatic heterocycles. The monoisotopic (exact) mass is 451 g/mol. The van der Waals surface area contributed by atoms with Crippen molar-refractivity contribution in [2.24, 2.45) is 0 Å². The van der Waals surface area contributed by atoms with Gasteiger partial charge >= 0.3 is 6.09 Å². The molecule has 2 unspecified atom stereocenters. The molecule has 1 aromatic carbocycles. The van der Waals surface area contributed by atoms with Crippen molar-refractivity contribution in [3.63, 3.8) is 0 Å². The van der Waals surface area contributed by atoms with E-state index in [-0.39, 0.29) is 12.2 Å². The molecule has 0 bridgehead atoms. The van der Waals surface area contributed by atoms with E-state index >= 15 is 0 Å². The zero-order valence-corrected chi connectivity index (χ0v) is 17.5. The highest BCUT2D eigenvalue weighted by atomic mass is 79.9. The average Bonchev–Trinajstić information content (AvgIpc) is 2.77. The summed E-state index contributed by atoms with van der Waals surface area (Å²) >= 11 is 1.15. The molecule has 26 heavy (non-hydrogen) atoms. The van der Waals surface area contributed by atoms with E-state index in [0.29, 0.717) is 17.3 Å². The van der Waals surface area contributed by atoms with Crippen molar-refractivity contribution >= 4 is 33.3 Å². The van der Waals surface area contributed by atoms with Gasteiger partial charge in [-0.05, 0) is 58.7 Å². The zero-order chi connectivity index (χ0) is 19.7. The van der Waals surface area contributed by atoms with E-state index in [1.165, 1.54) is 18.2 Å². The molecular formula is C17H23BrFNO5S. The minimum atomic E-state index is -2.15. The van der Waals surface area contributed by atoms with Gasteiger partial charge in [0.1, 0.15) is 23.1 Å². The van der Waals surface area contributed by atoms with Crippen LogP contribution in [-0.2, 0) is 25.7 Å². The van der Waals surface area contributed by atoms with Gasteiger partial charge < -0.3 is 9.84 Å². The number of carbonyl (C=O) groups excluding carboxylic acids is 1. The largest absolute Gasteiger partial charge is 0.443 e. The third-order valence-electron chi connectivity index (χ3n) is 4.05. The Labute approximate surface area is 163 Å². The molecule has 1 aliphatic rings. The summed E-state index contributed by atoms with van der Waals surface area (Å²) in [6.07, 6.45) is -0.977. The molecular weight excluding hydrogens is 429 g/mol. The number of aliphatic hydroxyl groups is 1. The van der Waals surface area contributed by atoms with Crippen molar-refractivity contribution in [1.82, 2.24) is 4.31 Å². The molecule has 1 N–H and O–H groups in total. The van der Waals surface area contributed by atoms with E-state index in [9.17, 15) is 13.4 Å². The van der Waals surface area contributed by atoms with Crippen molar-refractivity contribution in [3.8, 4) is 0 Å². The van der Waals surface area contributed by atoms with Crippen molar-refractivity contribution in [1.29, 1.82) is 0 Å². The van der Waals surface area contributed by atoms with Gasteiger partial charge in [0.2, 0.25) is 0 Å². The lowest BCUT2D eigenvalue weighted by Gasteiger charge is -2.36. The number of halogens is 2. The van der Waals surface area contributed by atoms with E-state index < -0.39 is 40.4 Å². The van der Waals surface area contributed by atoms with Crippen LogP contribution in [0.4, 0.5) is 9.18 Å². The quantitative estimate of drug-likeness (QED) is 0.753. The maximum absolute atomic E-state index is 14.7. The van der Waals surface area contributed by atoms with Crippen molar-refractivity contribution in [3.05, 3.63) is 34.1 Å². The molecule has 3 atom stereocenters. The van der Waals surface area contributed by atoms with Crippen LogP contribution in [-0.4, -0.2) is 38.0 Å². The second-order valence-electron chi connectivity index (χ2n) is 7.21. The first-order valence-corrected chi connectivity index (χ1v) is 10.0. The SMILES string of the molecule is CC(C)(C)OC(=O)N1S(=O)OC(CCCO)[C@@]1(C)c1cc(Br)ccc1F. The first-order valence-electron chi connectivity index (χ1n) is 8.19. The number of benzene rings is 1. The first-order chi connectivity index (χ1) is 12.0. The minimum Gasteiger partial charge on any atom is -0.443 e. The molecule has 0 aromatic heterocycles. The van der Waals surface area contributed by atoms with Gasteiger partial charge in [0.15, 0.2) is 0 Å². The van der Waals surface area contributed by atoms with Crippen LogP contribution in [0.1, 0.15) is 46.1 Å². The highest BCUT2D eigenvalue weighted by Gasteiger charge is 2.56. The third-order valence-corrected chi connectivity index (χ3v) is 5.77. The fraction of sp³-hybridized carbons (Fsp3) is 0.588. The normalized spacial score (nSPS) is 26.2. The van der Waals surface area contributed by atoms with Crippen molar-refractivity contribution < 1.29 is 27.4 Å². The van der Waals surface area contributed by atoms with Crippen LogP contribution in [0.25, 0.3) is 0 Å². The van der Waals surface area contributed by atoms with Crippen LogP contribution < -0.4 is 0 Å². The highest BCUT2D eigenvalue weighted by molar-refractivity contribution is 9.10. The van der Waals surface area contributed by atoms with Crippen LogP contribution in [0, 0.1) is 5.82 Å². The summed E-state index contributed by atoms with van der Waals surface area (Å²) in [6.45, 7) is 6.55. The number of hydrogen-bond donors (Lipinski definition) is 1. The van der Waals surface area contributed by atoms with Gasteiger partial charge in [-0.25, -0.2) is 13.4 Å².